The monoisotopic (exact) mass is 397 g/mol. The van der Waals surface area contributed by atoms with Crippen LogP contribution < -0.4 is 5.32 Å². The van der Waals surface area contributed by atoms with Gasteiger partial charge in [-0.25, -0.2) is 0 Å². The number of hydrogen-bond acceptors (Lipinski definition) is 4. The van der Waals surface area contributed by atoms with E-state index in [1.165, 1.54) is 6.26 Å². The molecule has 1 aliphatic heterocycles. The predicted octanol–water partition coefficient (Wildman–Crippen LogP) is 3.25. The van der Waals surface area contributed by atoms with Crippen LogP contribution in [-0.2, 0) is 4.79 Å². The van der Waals surface area contributed by atoms with E-state index >= 15 is 0 Å². The molecule has 0 bridgehead atoms. The van der Waals surface area contributed by atoms with E-state index in [1.807, 2.05) is 13.8 Å². The molecular weight excluding hydrogens is 370 g/mol. The van der Waals surface area contributed by atoms with Gasteiger partial charge < -0.3 is 19.5 Å². The van der Waals surface area contributed by atoms with Crippen LogP contribution in [0, 0.1) is 5.92 Å². The Morgan fingerprint density at radius 3 is 2.28 bits per heavy atom. The molecule has 1 aromatic carbocycles. The summed E-state index contributed by atoms with van der Waals surface area (Å²) < 4.78 is 5.16. The molecule has 3 rings (SSSR count). The molecule has 7 heteroatoms. The van der Waals surface area contributed by atoms with Gasteiger partial charge in [0.15, 0.2) is 5.76 Å². The molecule has 0 unspecified atom stereocenters. The van der Waals surface area contributed by atoms with E-state index in [0.29, 0.717) is 56.0 Å². The fraction of sp³-hybridized carbons (Fsp3) is 0.409. The topological polar surface area (TPSA) is 82.9 Å². The van der Waals surface area contributed by atoms with Gasteiger partial charge in [0, 0.05) is 43.3 Å². The lowest BCUT2D eigenvalue weighted by atomic mass is 9.95. The normalized spacial score (nSPS) is 14.5. The van der Waals surface area contributed by atoms with Crippen LogP contribution in [0.15, 0.2) is 47.1 Å². The number of furan rings is 1. The Balaban J connectivity index is 1.52. The lowest BCUT2D eigenvalue weighted by Gasteiger charge is -2.30. The number of amides is 3. The summed E-state index contributed by atoms with van der Waals surface area (Å²) in [5, 5.41) is 2.92. The van der Waals surface area contributed by atoms with Crippen LogP contribution in [0.4, 0.5) is 5.69 Å². The van der Waals surface area contributed by atoms with E-state index in [0.717, 1.165) is 0 Å². The van der Waals surface area contributed by atoms with Crippen molar-refractivity contribution in [1.82, 2.24) is 9.80 Å². The maximum Gasteiger partial charge on any atom is 0.289 e. The summed E-state index contributed by atoms with van der Waals surface area (Å²) in [5.41, 5.74) is 1.27. The maximum atomic E-state index is 12.6. The molecule has 0 atom stereocenters. The Bertz CT molecular complexity index is 833. The first kappa shape index (κ1) is 20.6. The van der Waals surface area contributed by atoms with Gasteiger partial charge in [-0.05, 0) is 63.1 Å². The molecule has 1 N–H and O–H groups in total. The Hall–Kier alpha value is -3.09. The highest BCUT2D eigenvalue weighted by atomic mass is 16.3. The number of nitrogens with zero attached hydrogens (tertiary/aromatic N) is 2. The molecule has 1 aliphatic rings. The minimum Gasteiger partial charge on any atom is -0.459 e. The minimum absolute atomic E-state index is 0.0125. The second-order valence-corrected chi connectivity index (χ2v) is 7.09. The average Bonchev–Trinajstić information content (AvgIpc) is 3.29. The van der Waals surface area contributed by atoms with Crippen molar-refractivity contribution in [3.8, 4) is 0 Å². The summed E-state index contributed by atoms with van der Waals surface area (Å²) >= 11 is 0. The van der Waals surface area contributed by atoms with Crippen LogP contribution >= 0.6 is 0 Å². The Labute approximate surface area is 170 Å². The largest absolute Gasteiger partial charge is 0.459 e. The molecule has 29 heavy (non-hydrogen) atoms. The summed E-state index contributed by atoms with van der Waals surface area (Å²) in [5.74, 6) is -0.0263. The van der Waals surface area contributed by atoms with Crippen LogP contribution in [0.3, 0.4) is 0 Å². The van der Waals surface area contributed by atoms with Gasteiger partial charge in [-0.15, -0.1) is 0 Å². The van der Waals surface area contributed by atoms with Crippen molar-refractivity contribution in [1.29, 1.82) is 0 Å². The van der Waals surface area contributed by atoms with E-state index in [1.54, 1.807) is 46.2 Å². The molecule has 1 fully saturated rings. The van der Waals surface area contributed by atoms with Crippen molar-refractivity contribution >= 4 is 23.4 Å². The number of carbonyl (C=O) groups is 3. The molecule has 154 valence electrons. The van der Waals surface area contributed by atoms with Gasteiger partial charge in [0.1, 0.15) is 0 Å². The fourth-order valence-electron chi connectivity index (χ4n) is 3.53. The van der Waals surface area contributed by atoms with Crippen LogP contribution in [0.5, 0.6) is 0 Å². The standard InChI is InChI=1S/C22H27N3O4/c1-3-24(4-2)21(27)17-7-9-18(10-8-17)23-20(26)16-11-13-25(14-12-16)22(28)19-6-5-15-29-19/h5-10,15-16H,3-4,11-14H2,1-2H3,(H,23,26). The molecule has 0 radical (unpaired) electrons. The first-order valence-electron chi connectivity index (χ1n) is 10.1. The van der Waals surface area contributed by atoms with Crippen LogP contribution in [0.25, 0.3) is 0 Å². The first-order valence-corrected chi connectivity index (χ1v) is 10.1. The number of hydrogen-bond donors (Lipinski definition) is 1. The predicted molar refractivity (Wildman–Crippen MR) is 110 cm³/mol. The highest BCUT2D eigenvalue weighted by Crippen LogP contribution is 2.21. The summed E-state index contributed by atoms with van der Waals surface area (Å²) in [6.45, 7) is 6.26. The van der Waals surface area contributed by atoms with Crippen LogP contribution in [0.2, 0.25) is 0 Å². The number of piperidine rings is 1. The van der Waals surface area contributed by atoms with Gasteiger partial charge in [0.2, 0.25) is 5.91 Å². The van der Waals surface area contributed by atoms with Gasteiger partial charge in [-0.3, -0.25) is 14.4 Å². The second kappa shape index (κ2) is 9.41. The third-order valence-corrected chi connectivity index (χ3v) is 5.33. The van der Waals surface area contributed by atoms with E-state index in [4.69, 9.17) is 4.42 Å². The third kappa shape index (κ3) is 4.85. The van der Waals surface area contributed by atoms with Gasteiger partial charge in [-0.2, -0.15) is 0 Å². The molecular formula is C22H27N3O4. The number of anilines is 1. The molecule has 3 amide bonds. The van der Waals surface area contributed by atoms with Gasteiger partial charge in [0.25, 0.3) is 11.8 Å². The SMILES string of the molecule is CCN(CC)C(=O)c1ccc(NC(=O)C2CCN(C(=O)c3ccco3)CC2)cc1. The number of rotatable bonds is 6. The van der Waals surface area contributed by atoms with Crippen molar-refractivity contribution in [2.45, 2.75) is 26.7 Å². The summed E-state index contributed by atoms with van der Waals surface area (Å²) in [6, 6.07) is 10.3. The zero-order valence-electron chi connectivity index (χ0n) is 16.9. The molecule has 1 saturated heterocycles. The second-order valence-electron chi connectivity index (χ2n) is 7.09. The number of benzene rings is 1. The lowest BCUT2D eigenvalue weighted by Crippen LogP contribution is -2.41. The smallest absolute Gasteiger partial charge is 0.289 e. The van der Waals surface area contributed by atoms with Crippen molar-refractivity contribution in [2.75, 3.05) is 31.5 Å². The first-order chi connectivity index (χ1) is 14.0. The van der Waals surface area contributed by atoms with Crippen LogP contribution in [0.1, 0.15) is 47.6 Å². The van der Waals surface area contributed by atoms with Gasteiger partial charge >= 0.3 is 0 Å². The number of nitrogens with one attached hydrogen (secondary N) is 1. The maximum absolute atomic E-state index is 12.6. The summed E-state index contributed by atoms with van der Waals surface area (Å²) in [4.78, 5) is 40.7. The van der Waals surface area contributed by atoms with Crippen molar-refractivity contribution in [3.63, 3.8) is 0 Å². The van der Waals surface area contributed by atoms with Crippen molar-refractivity contribution < 1.29 is 18.8 Å². The Kier molecular flexibility index (Phi) is 6.69. The zero-order chi connectivity index (χ0) is 20.8. The van der Waals surface area contributed by atoms with Gasteiger partial charge in [0.05, 0.1) is 6.26 Å². The number of carbonyl (C=O) groups excluding carboxylic acids is 3. The number of likely N-dealkylation sites (tertiary alicyclic amines) is 1. The molecule has 2 heterocycles. The van der Waals surface area contributed by atoms with E-state index in [2.05, 4.69) is 5.32 Å². The van der Waals surface area contributed by atoms with Crippen molar-refractivity contribution in [2.24, 2.45) is 5.92 Å². The molecule has 0 aliphatic carbocycles. The quantitative estimate of drug-likeness (QED) is 0.811. The molecule has 0 saturated carbocycles. The van der Waals surface area contributed by atoms with Gasteiger partial charge in [-0.1, -0.05) is 0 Å². The molecule has 0 spiro atoms. The highest BCUT2D eigenvalue weighted by Gasteiger charge is 2.28. The van der Waals surface area contributed by atoms with E-state index in [-0.39, 0.29) is 23.6 Å². The Morgan fingerprint density at radius 1 is 1.07 bits per heavy atom. The van der Waals surface area contributed by atoms with E-state index in [9.17, 15) is 14.4 Å². The van der Waals surface area contributed by atoms with Crippen LogP contribution in [-0.4, -0.2) is 53.7 Å². The summed E-state index contributed by atoms with van der Waals surface area (Å²) in [6.07, 6.45) is 2.70. The Morgan fingerprint density at radius 2 is 1.72 bits per heavy atom. The molecule has 7 nitrogen and oxygen atoms in total. The average molecular weight is 397 g/mol. The van der Waals surface area contributed by atoms with E-state index < -0.39 is 0 Å². The minimum atomic E-state index is -0.146. The zero-order valence-corrected chi connectivity index (χ0v) is 16.9. The lowest BCUT2D eigenvalue weighted by molar-refractivity contribution is -0.121. The highest BCUT2D eigenvalue weighted by molar-refractivity contribution is 5.96. The third-order valence-electron chi connectivity index (χ3n) is 5.33. The molecule has 1 aromatic heterocycles. The summed E-state index contributed by atoms with van der Waals surface area (Å²) in [7, 11) is 0. The fourth-order valence-corrected chi connectivity index (χ4v) is 3.53. The van der Waals surface area contributed by atoms with Crippen molar-refractivity contribution in [3.05, 3.63) is 54.0 Å². The molecule has 2 aromatic rings.